The van der Waals surface area contributed by atoms with Crippen LogP contribution in [0.4, 0.5) is 5.13 Å². The molecule has 0 saturated heterocycles. The summed E-state index contributed by atoms with van der Waals surface area (Å²) in [5.41, 5.74) is 2.19. The standard InChI is InChI=1S/C17H20N6OS2/c1-5-23-14(13-8-6-7-10(2)9-13)20-22-17(23)25-11(3)15(24)18-16-21-19-12(4)26-16/h6-9,11H,5H2,1-4H3,(H,18,21,24)/t11-/m1/s1. The fourth-order valence-electron chi connectivity index (χ4n) is 2.42. The second-order valence-electron chi connectivity index (χ2n) is 5.80. The topological polar surface area (TPSA) is 85.6 Å². The maximum Gasteiger partial charge on any atom is 0.239 e. The summed E-state index contributed by atoms with van der Waals surface area (Å²) in [5.74, 6) is 0.681. The lowest BCUT2D eigenvalue weighted by molar-refractivity contribution is -0.115. The van der Waals surface area contributed by atoms with Crippen LogP contribution in [-0.2, 0) is 11.3 Å². The zero-order valence-corrected chi connectivity index (χ0v) is 16.7. The highest BCUT2D eigenvalue weighted by Crippen LogP contribution is 2.28. The van der Waals surface area contributed by atoms with Gasteiger partial charge in [0.2, 0.25) is 11.0 Å². The van der Waals surface area contributed by atoms with Crippen LogP contribution in [0.1, 0.15) is 24.4 Å². The van der Waals surface area contributed by atoms with Gasteiger partial charge in [0.25, 0.3) is 0 Å². The summed E-state index contributed by atoms with van der Waals surface area (Å²) in [6.45, 7) is 8.51. The van der Waals surface area contributed by atoms with Crippen molar-refractivity contribution in [3.63, 3.8) is 0 Å². The molecular weight excluding hydrogens is 368 g/mol. The Morgan fingerprint density at radius 3 is 2.73 bits per heavy atom. The number of benzene rings is 1. The first-order valence-corrected chi connectivity index (χ1v) is 9.95. The van der Waals surface area contributed by atoms with Gasteiger partial charge >= 0.3 is 0 Å². The number of thioether (sulfide) groups is 1. The molecule has 0 bridgehead atoms. The molecule has 136 valence electrons. The smallest absolute Gasteiger partial charge is 0.239 e. The van der Waals surface area contributed by atoms with E-state index in [0.29, 0.717) is 5.13 Å². The fourth-order valence-corrected chi connectivity index (χ4v) is 3.93. The molecular formula is C17H20N6OS2. The van der Waals surface area contributed by atoms with Crippen LogP contribution in [-0.4, -0.2) is 36.1 Å². The van der Waals surface area contributed by atoms with E-state index in [1.165, 1.54) is 28.7 Å². The summed E-state index contributed by atoms with van der Waals surface area (Å²) in [4.78, 5) is 12.4. The van der Waals surface area contributed by atoms with E-state index in [9.17, 15) is 4.79 Å². The lowest BCUT2D eigenvalue weighted by atomic mass is 10.1. The number of anilines is 1. The molecule has 0 unspecified atom stereocenters. The number of carbonyl (C=O) groups is 1. The molecule has 1 N–H and O–H groups in total. The molecule has 9 heteroatoms. The second kappa shape index (κ2) is 7.96. The van der Waals surface area contributed by atoms with Gasteiger partial charge < -0.3 is 4.57 Å². The lowest BCUT2D eigenvalue weighted by Gasteiger charge is -2.11. The summed E-state index contributed by atoms with van der Waals surface area (Å²) in [6.07, 6.45) is 0. The summed E-state index contributed by atoms with van der Waals surface area (Å²) in [5, 5.41) is 21.0. The Morgan fingerprint density at radius 2 is 2.08 bits per heavy atom. The molecule has 0 aliphatic heterocycles. The van der Waals surface area contributed by atoms with Crippen molar-refractivity contribution in [2.45, 2.75) is 44.6 Å². The van der Waals surface area contributed by atoms with Gasteiger partial charge in [-0.05, 0) is 33.8 Å². The van der Waals surface area contributed by atoms with Crippen molar-refractivity contribution in [1.29, 1.82) is 0 Å². The van der Waals surface area contributed by atoms with Gasteiger partial charge in [-0.3, -0.25) is 10.1 Å². The number of carbonyl (C=O) groups excluding carboxylic acids is 1. The van der Waals surface area contributed by atoms with Gasteiger partial charge in [0, 0.05) is 12.1 Å². The first-order valence-electron chi connectivity index (χ1n) is 8.25. The molecule has 2 aromatic heterocycles. The molecule has 1 atom stereocenters. The van der Waals surface area contributed by atoms with Gasteiger partial charge in [0.1, 0.15) is 5.01 Å². The highest BCUT2D eigenvalue weighted by Gasteiger charge is 2.21. The minimum atomic E-state index is -0.334. The predicted octanol–water partition coefficient (Wildman–Crippen LogP) is 3.55. The largest absolute Gasteiger partial charge is 0.302 e. The Bertz CT molecular complexity index is 920. The molecule has 0 aliphatic rings. The van der Waals surface area contributed by atoms with Gasteiger partial charge in [0.15, 0.2) is 11.0 Å². The van der Waals surface area contributed by atoms with Gasteiger partial charge in [0.05, 0.1) is 5.25 Å². The number of nitrogens with zero attached hydrogens (tertiary/aromatic N) is 5. The maximum absolute atomic E-state index is 12.4. The normalized spacial score (nSPS) is 12.2. The minimum absolute atomic E-state index is 0.131. The van der Waals surface area contributed by atoms with Crippen molar-refractivity contribution in [3.05, 3.63) is 34.8 Å². The highest BCUT2D eigenvalue weighted by molar-refractivity contribution is 8.00. The number of rotatable bonds is 6. The van der Waals surface area contributed by atoms with Crippen LogP contribution >= 0.6 is 23.1 Å². The average Bonchev–Trinajstić information content (AvgIpc) is 3.20. The Kier molecular flexibility index (Phi) is 5.67. The number of aryl methyl sites for hydroxylation is 2. The van der Waals surface area contributed by atoms with E-state index in [0.717, 1.165) is 28.1 Å². The van der Waals surface area contributed by atoms with Crippen LogP contribution in [0.15, 0.2) is 29.4 Å². The van der Waals surface area contributed by atoms with Gasteiger partial charge in [-0.1, -0.05) is 46.9 Å². The first-order chi connectivity index (χ1) is 12.5. The molecule has 26 heavy (non-hydrogen) atoms. The third kappa shape index (κ3) is 4.10. The number of nitrogens with one attached hydrogen (secondary N) is 1. The van der Waals surface area contributed by atoms with E-state index in [1.54, 1.807) is 0 Å². The highest BCUT2D eigenvalue weighted by atomic mass is 32.2. The Labute approximate surface area is 160 Å². The molecule has 0 aliphatic carbocycles. The quantitative estimate of drug-likeness (QED) is 0.650. The van der Waals surface area contributed by atoms with Crippen molar-refractivity contribution in [2.75, 3.05) is 5.32 Å². The van der Waals surface area contributed by atoms with E-state index < -0.39 is 0 Å². The molecule has 1 aromatic carbocycles. The Balaban J connectivity index is 1.76. The zero-order chi connectivity index (χ0) is 18.7. The van der Waals surface area contributed by atoms with Crippen LogP contribution in [0.25, 0.3) is 11.4 Å². The van der Waals surface area contributed by atoms with E-state index in [1.807, 2.05) is 50.5 Å². The molecule has 0 spiro atoms. The van der Waals surface area contributed by atoms with E-state index in [-0.39, 0.29) is 11.2 Å². The summed E-state index contributed by atoms with van der Waals surface area (Å²) >= 11 is 2.74. The molecule has 0 fully saturated rings. The van der Waals surface area contributed by atoms with Crippen molar-refractivity contribution >= 4 is 34.1 Å². The zero-order valence-electron chi connectivity index (χ0n) is 15.1. The monoisotopic (exact) mass is 388 g/mol. The SMILES string of the molecule is CCn1c(S[C@H](C)C(=O)Nc2nnc(C)s2)nnc1-c1cccc(C)c1. The maximum atomic E-state index is 12.4. The summed E-state index contributed by atoms with van der Waals surface area (Å²) < 4.78 is 2.03. The second-order valence-corrected chi connectivity index (χ2v) is 8.29. The number of amides is 1. The van der Waals surface area contributed by atoms with Crippen LogP contribution in [0.3, 0.4) is 0 Å². The molecule has 0 saturated carbocycles. The molecule has 3 rings (SSSR count). The van der Waals surface area contributed by atoms with E-state index in [4.69, 9.17) is 0 Å². The van der Waals surface area contributed by atoms with Crippen LogP contribution in [0.2, 0.25) is 0 Å². The third-order valence-electron chi connectivity index (χ3n) is 3.72. The van der Waals surface area contributed by atoms with Crippen molar-refractivity contribution in [3.8, 4) is 11.4 Å². The van der Waals surface area contributed by atoms with Crippen molar-refractivity contribution < 1.29 is 4.79 Å². The Hall–Kier alpha value is -2.26. The average molecular weight is 389 g/mol. The van der Waals surface area contributed by atoms with Crippen LogP contribution in [0.5, 0.6) is 0 Å². The van der Waals surface area contributed by atoms with Gasteiger partial charge in [-0.15, -0.1) is 20.4 Å². The van der Waals surface area contributed by atoms with Gasteiger partial charge in [-0.2, -0.15) is 0 Å². The van der Waals surface area contributed by atoms with Crippen molar-refractivity contribution in [2.24, 2.45) is 0 Å². The van der Waals surface area contributed by atoms with E-state index >= 15 is 0 Å². The number of hydrogen-bond acceptors (Lipinski definition) is 7. The summed E-state index contributed by atoms with van der Waals surface area (Å²) in [7, 11) is 0. The van der Waals surface area contributed by atoms with Crippen LogP contribution < -0.4 is 5.32 Å². The van der Waals surface area contributed by atoms with Gasteiger partial charge in [-0.25, -0.2) is 0 Å². The lowest BCUT2D eigenvalue weighted by Crippen LogP contribution is -2.22. The molecule has 7 nitrogen and oxygen atoms in total. The fraction of sp³-hybridized carbons (Fsp3) is 0.353. The first kappa shape index (κ1) is 18.5. The molecule has 2 heterocycles. The summed E-state index contributed by atoms with van der Waals surface area (Å²) in [6, 6.07) is 8.16. The molecule has 3 aromatic rings. The number of aromatic nitrogens is 5. The number of hydrogen-bond donors (Lipinski definition) is 1. The molecule has 0 radical (unpaired) electrons. The third-order valence-corrected chi connectivity index (χ3v) is 5.55. The minimum Gasteiger partial charge on any atom is -0.302 e. The molecule has 1 amide bonds. The van der Waals surface area contributed by atoms with E-state index in [2.05, 4.69) is 31.8 Å². The van der Waals surface area contributed by atoms with Crippen molar-refractivity contribution in [1.82, 2.24) is 25.0 Å². The predicted molar refractivity (Wildman–Crippen MR) is 104 cm³/mol. The van der Waals surface area contributed by atoms with Crippen LogP contribution in [0, 0.1) is 13.8 Å². The Morgan fingerprint density at radius 1 is 1.27 bits per heavy atom.